The molecular formula is C20H18N4O5S. The van der Waals surface area contributed by atoms with Gasteiger partial charge in [0.2, 0.25) is 12.7 Å². The summed E-state index contributed by atoms with van der Waals surface area (Å²) in [5.41, 5.74) is 1.56. The SMILES string of the molecule is COc1cccc(-n2cnnc2SCC(=O)Nc2cc3c(cc2C(C)=O)OCO3)c1. The van der Waals surface area contributed by atoms with Crippen molar-refractivity contribution in [3.63, 3.8) is 0 Å². The van der Waals surface area contributed by atoms with Crippen LogP contribution in [0.2, 0.25) is 0 Å². The molecule has 0 radical (unpaired) electrons. The summed E-state index contributed by atoms with van der Waals surface area (Å²) < 4.78 is 17.6. The molecule has 30 heavy (non-hydrogen) atoms. The Hall–Kier alpha value is -3.53. The average Bonchev–Trinajstić information content (AvgIpc) is 3.40. The minimum Gasteiger partial charge on any atom is -0.497 e. The van der Waals surface area contributed by atoms with Crippen LogP contribution in [0.3, 0.4) is 0 Å². The molecule has 1 aliphatic rings. The molecule has 0 spiro atoms. The largest absolute Gasteiger partial charge is 0.497 e. The third kappa shape index (κ3) is 4.08. The highest BCUT2D eigenvalue weighted by Crippen LogP contribution is 2.37. The van der Waals surface area contributed by atoms with Gasteiger partial charge < -0.3 is 19.5 Å². The number of carbonyl (C=O) groups excluding carboxylic acids is 2. The Morgan fingerprint density at radius 2 is 2.03 bits per heavy atom. The predicted octanol–water partition coefficient (Wildman–Crippen LogP) is 2.94. The summed E-state index contributed by atoms with van der Waals surface area (Å²) in [6, 6.07) is 10.6. The minimum atomic E-state index is -0.290. The zero-order valence-corrected chi connectivity index (χ0v) is 17.1. The monoisotopic (exact) mass is 426 g/mol. The number of nitrogens with one attached hydrogen (secondary N) is 1. The minimum absolute atomic E-state index is 0.0778. The molecule has 2 heterocycles. The van der Waals surface area contributed by atoms with Gasteiger partial charge in [-0.25, -0.2) is 0 Å². The van der Waals surface area contributed by atoms with Crippen LogP contribution in [0.5, 0.6) is 17.2 Å². The standard InChI is InChI=1S/C20H18N4O5S/c1-12(25)15-7-17-18(29-11-28-17)8-16(15)22-19(26)9-30-20-23-21-10-24(20)13-4-3-5-14(6-13)27-2/h3-8,10H,9,11H2,1-2H3,(H,22,26). The maximum absolute atomic E-state index is 12.5. The van der Waals surface area contributed by atoms with E-state index in [1.807, 2.05) is 24.3 Å². The Bertz CT molecular complexity index is 1110. The fraction of sp³-hybridized carbons (Fsp3) is 0.200. The van der Waals surface area contributed by atoms with Crippen molar-refractivity contribution in [2.75, 3.05) is 25.0 Å². The summed E-state index contributed by atoms with van der Waals surface area (Å²) in [6.45, 7) is 1.51. The van der Waals surface area contributed by atoms with E-state index in [2.05, 4.69) is 15.5 Å². The number of amides is 1. The Labute approximate surface area is 176 Å². The summed E-state index contributed by atoms with van der Waals surface area (Å²) in [6.07, 6.45) is 1.57. The van der Waals surface area contributed by atoms with Crippen LogP contribution >= 0.6 is 11.8 Å². The number of methoxy groups -OCH3 is 1. The molecule has 1 aliphatic heterocycles. The van der Waals surface area contributed by atoms with E-state index in [0.29, 0.717) is 33.7 Å². The fourth-order valence-corrected chi connectivity index (χ4v) is 3.64. The van der Waals surface area contributed by atoms with E-state index in [1.54, 1.807) is 30.1 Å². The number of Topliss-reactive ketones (excluding diaryl/α,β-unsaturated/α-hetero) is 1. The molecule has 0 aliphatic carbocycles. The third-order valence-corrected chi connectivity index (χ3v) is 5.29. The summed E-state index contributed by atoms with van der Waals surface area (Å²) in [7, 11) is 1.59. The second kappa shape index (κ2) is 8.46. The van der Waals surface area contributed by atoms with Crippen molar-refractivity contribution < 1.29 is 23.8 Å². The Balaban J connectivity index is 1.47. The lowest BCUT2D eigenvalue weighted by atomic mass is 10.1. The molecule has 0 fully saturated rings. The van der Waals surface area contributed by atoms with Crippen LogP contribution in [0.4, 0.5) is 5.69 Å². The Morgan fingerprint density at radius 3 is 2.80 bits per heavy atom. The lowest BCUT2D eigenvalue weighted by Crippen LogP contribution is -2.16. The highest BCUT2D eigenvalue weighted by atomic mass is 32.2. The molecule has 0 saturated heterocycles. The number of anilines is 1. The van der Waals surface area contributed by atoms with Crippen LogP contribution in [0.25, 0.3) is 5.69 Å². The maximum Gasteiger partial charge on any atom is 0.234 e. The van der Waals surface area contributed by atoms with Gasteiger partial charge in [0.1, 0.15) is 12.1 Å². The van der Waals surface area contributed by atoms with Crippen molar-refractivity contribution in [2.45, 2.75) is 12.1 Å². The molecular weight excluding hydrogens is 408 g/mol. The molecule has 0 unspecified atom stereocenters. The number of hydrogen-bond acceptors (Lipinski definition) is 8. The maximum atomic E-state index is 12.5. The second-order valence-corrected chi connectivity index (χ2v) is 7.27. The number of thioether (sulfide) groups is 1. The number of fused-ring (bicyclic) bond motifs is 1. The topological polar surface area (TPSA) is 105 Å². The first-order valence-electron chi connectivity index (χ1n) is 8.97. The lowest BCUT2D eigenvalue weighted by Gasteiger charge is -2.11. The highest BCUT2D eigenvalue weighted by molar-refractivity contribution is 7.99. The Morgan fingerprint density at radius 1 is 1.23 bits per heavy atom. The number of hydrogen-bond donors (Lipinski definition) is 1. The van der Waals surface area contributed by atoms with E-state index in [0.717, 1.165) is 5.69 Å². The van der Waals surface area contributed by atoms with Crippen LogP contribution in [0.1, 0.15) is 17.3 Å². The van der Waals surface area contributed by atoms with Gasteiger partial charge in [0, 0.05) is 17.7 Å². The third-order valence-electron chi connectivity index (χ3n) is 4.35. The van der Waals surface area contributed by atoms with Gasteiger partial charge in [0.25, 0.3) is 0 Å². The number of rotatable bonds is 7. The number of carbonyl (C=O) groups is 2. The van der Waals surface area contributed by atoms with Crippen LogP contribution in [-0.4, -0.2) is 46.1 Å². The van der Waals surface area contributed by atoms with Gasteiger partial charge >= 0.3 is 0 Å². The average molecular weight is 426 g/mol. The highest BCUT2D eigenvalue weighted by Gasteiger charge is 2.20. The van der Waals surface area contributed by atoms with Gasteiger partial charge in [-0.3, -0.25) is 14.2 Å². The van der Waals surface area contributed by atoms with Crippen molar-refractivity contribution >= 4 is 29.1 Å². The van der Waals surface area contributed by atoms with Crippen molar-refractivity contribution in [2.24, 2.45) is 0 Å². The van der Waals surface area contributed by atoms with E-state index in [-0.39, 0.29) is 24.2 Å². The van der Waals surface area contributed by atoms with Crippen LogP contribution in [0.15, 0.2) is 47.9 Å². The normalized spacial score (nSPS) is 11.9. The van der Waals surface area contributed by atoms with Gasteiger partial charge in [0.15, 0.2) is 22.4 Å². The number of nitrogens with zero attached hydrogens (tertiary/aromatic N) is 3. The lowest BCUT2D eigenvalue weighted by molar-refractivity contribution is -0.113. The molecule has 3 aromatic rings. The zero-order valence-electron chi connectivity index (χ0n) is 16.2. The first kappa shape index (κ1) is 19.8. The molecule has 154 valence electrons. The van der Waals surface area contributed by atoms with E-state index in [9.17, 15) is 9.59 Å². The molecule has 0 atom stereocenters. The van der Waals surface area contributed by atoms with Crippen molar-refractivity contribution in [3.8, 4) is 22.9 Å². The van der Waals surface area contributed by atoms with E-state index >= 15 is 0 Å². The molecule has 1 aromatic heterocycles. The van der Waals surface area contributed by atoms with Crippen LogP contribution < -0.4 is 19.5 Å². The first-order chi connectivity index (χ1) is 14.5. The number of aromatic nitrogens is 3. The molecule has 1 N–H and O–H groups in total. The Kier molecular flexibility index (Phi) is 5.57. The zero-order chi connectivity index (χ0) is 21.1. The van der Waals surface area contributed by atoms with E-state index < -0.39 is 0 Å². The number of ketones is 1. The number of benzene rings is 2. The van der Waals surface area contributed by atoms with Crippen LogP contribution in [-0.2, 0) is 4.79 Å². The molecule has 0 saturated carbocycles. The van der Waals surface area contributed by atoms with Gasteiger partial charge in [0.05, 0.1) is 24.2 Å². The smallest absolute Gasteiger partial charge is 0.234 e. The predicted molar refractivity (Wildman–Crippen MR) is 110 cm³/mol. The molecule has 4 rings (SSSR count). The quantitative estimate of drug-likeness (QED) is 0.454. The van der Waals surface area contributed by atoms with Gasteiger partial charge in [-0.05, 0) is 25.1 Å². The van der Waals surface area contributed by atoms with Crippen molar-refractivity contribution in [3.05, 3.63) is 48.3 Å². The summed E-state index contributed by atoms with van der Waals surface area (Å²) in [4.78, 5) is 24.5. The van der Waals surface area contributed by atoms with Crippen molar-refractivity contribution in [1.29, 1.82) is 0 Å². The summed E-state index contributed by atoms with van der Waals surface area (Å²) >= 11 is 1.22. The van der Waals surface area contributed by atoms with Gasteiger partial charge in [-0.2, -0.15) is 0 Å². The summed E-state index contributed by atoms with van der Waals surface area (Å²) in [5.74, 6) is 1.28. The van der Waals surface area contributed by atoms with E-state index in [4.69, 9.17) is 14.2 Å². The van der Waals surface area contributed by atoms with Gasteiger partial charge in [-0.1, -0.05) is 17.8 Å². The van der Waals surface area contributed by atoms with Gasteiger partial charge in [-0.15, -0.1) is 10.2 Å². The van der Waals surface area contributed by atoms with E-state index in [1.165, 1.54) is 18.7 Å². The molecule has 10 heteroatoms. The van der Waals surface area contributed by atoms with Crippen molar-refractivity contribution in [1.82, 2.24) is 14.8 Å². The second-order valence-electron chi connectivity index (χ2n) is 6.33. The molecule has 2 aromatic carbocycles. The fourth-order valence-electron chi connectivity index (χ4n) is 2.91. The molecule has 1 amide bonds. The van der Waals surface area contributed by atoms with Crippen LogP contribution in [0, 0.1) is 0 Å². The molecule has 9 nitrogen and oxygen atoms in total. The first-order valence-corrected chi connectivity index (χ1v) is 9.95. The molecule has 0 bridgehead atoms. The summed E-state index contributed by atoms with van der Waals surface area (Å²) in [5, 5.41) is 11.3. The number of ether oxygens (including phenoxy) is 3.